The van der Waals surface area contributed by atoms with Crippen molar-refractivity contribution in [2.24, 2.45) is 0 Å². The van der Waals surface area contributed by atoms with Gasteiger partial charge in [0.15, 0.2) is 0 Å². The van der Waals surface area contributed by atoms with E-state index in [9.17, 15) is 0 Å². The molecule has 0 radical (unpaired) electrons. The first-order chi connectivity index (χ1) is 2.00. The average Bonchev–Trinajstić information content (AvgIpc) is 0.722. The van der Waals surface area contributed by atoms with Gasteiger partial charge in [0.2, 0.25) is 0 Å². The van der Waals surface area contributed by atoms with Gasteiger partial charge < -0.3 is 24.7 Å². The second kappa shape index (κ2) is 9.33. The Kier molecular flexibility index (Phi) is 26.2. The van der Waals surface area contributed by atoms with Crippen LogP contribution in [0.15, 0.2) is 0 Å². The number of hydrogen-bond donors (Lipinski definition) is 0. The van der Waals surface area contributed by atoms with Gasteiger partial charge in [-0.25, -0.2) is 0 Å². The second-order valence-corrected chi connectivity index (χ2v) is 1.34. The Labute approximate surface area is 98.3 Å². The Balaban J connectivity index is -0.0000000267. The molecule has 0 aliphatic heterocycles. The van der Waals surface area contributed by atoms with E-state index < -0.39 is 7.82 Å². The van der Waals surface area contributed by atoms with E-state index in [4.69, 9.17) is 19.2 Å². The number of phosphoric acid groups is 1. The zero-order valence-electron chi connectivity index (χ0n) is 4.29. The summed E-state index contributed by atoms with van der Waals surface area (Å²) in [5, 5.41) is 0. The van der Waals surface area contributed by atoms with E-state index in [0.29, 0.717) is 0 Å². The van der Waals surface area contributed by atoms with Crippen molar-refractivity contribution in [2.45, 2.75) is 0 Å². The molecule has 8 heteroatoms. The van der Waals surface area contributed by atoms with Gasteiger partial charge in [-0.05, 0) is 0 Å². The van der Waals surface area contributed by atoms with Gasteiger partial charge >= 0.3 is 67.3 Å². The van der Waals surface area contributed by atoms with Crippen molar-refractivity contribution in [3.05, 3.63) is 0 Å². The van der Waals surface area contributed by atoms with Crippen LogP contribution in [-0.4, -0.2) is 43.2 Å². The Morgan fingerprint density at radius 3 is 1.12 bits per heavy atom. The van der Waals surface area contributed by atoms with E-state index in [1.54, 1.807) is 0 Å². The van der Waals surface area contributed by atoms with Crippen molar-refractivity contribution in [1.82, 2.24) is 0 Å². The third-order valence-corrected chi connectivity index (χ3v) is 0. The quantitative estimate of drug-likeness (QED) is 0.269. The Hall–Kier alpha value is 2.33. The van der Waals surface area contributed by atoms with E-state index in [1.807, 2.05) is 0 Å². The van der Waals surface area contributed by atoms with Crippen LogP contribution in [-0.2, 0) is 4.57 Å². The van der Waals surface area contributed by atoms with Crippen LogP contribution in [0.5, 0.6) is 0 Å². The zero-order valence-corrected chi connectivity index (χ0v) is 9.39. The molecule has 0 aliphatic carbocycles. The molecule has 40 valence electrons. The standard InChI is InChI=1S/Ca.Na.H3O4P.H2O/c;;1-5(2,3)4;/h;;(H3,1,2,3,4);1H2/q+2;+1;;/p-3. The fourth-order valence-electron chi connectivity index (χ4n) is 0. The molecule has 0 amide bonds. The number of hydrogen-bond acceptors (Lipinski definition) is 4. The van der Waals surface area contributed by atoms with Crippen molar-refractivity contribution >= 4 is 45.6 Å². The summed E-state index contributed by atoms with van der Waals surface area (Å²) >= 11 is 0. The monoisotopic (exact) mass is 176 g/mol. The van der Waals surface area contributed by atoms with Crippen molar-refractivity contribution in [2.75, 3.05) is 0 Å². The first kappa shape index (κ1) is 22.4. The first-order valence-corrected chi connectivity index (χ1v) is 2.19. The van der Waals surface area contributed by atoms with Gasteiger partial charge in [0, 0.05) is 0 Å². The summed E-state index contributed by atoms with van der Waals surface area (Å²) in [4.78, 5) is 25.6. The van der Waals surface area contributed by atoms with Crippen LogP contribution in [0.3, 0.4) is 0 Å². The van der Waals surface area contributed by atoms with Crippen LogP contribution in [0.25, 0.3) is 0 Å². The molecule has 0 aromatic heterocycles. The Morgan fingerprint density at radius 2 is 1.12 bits per heavy atom. The SMILES string of the molecule is O.O=P([O-])([O-])[O-].[Ca+2].[Na+]. The van der Waals surface area contributed by atoms with Crippen molar-refractivity contribution in [1.29, 1.82) is 0 Å². The second-order valence-electron chi connectivity index (χ2n) is 0.447. The predicted molar refractivity (Wildman–Crippen MR) is 17.0 cm³/mol. The molecule has 5 nitrogen and oxygen atoms in total. The molecule has 0 fully saturated rings. The Bertz CT molecular complexity index is 58.6. The minimum absolute atomic E-state index is 0. The summed E-state index contributed by atoms with van der Waals surface area (Å²) in [5.41, 5.74) is 0. The molecule has 0 atom stereocenters. The van der Waals surface area contributed by atoms with E-state index in [2.05, 4.69) is 0 Å². The van der Waals surface area contributed by atoms with Crippen LogP contribution in [0.4, 0.5) is 0 Å². The van der Waals surface area contributed by atoms with E-state index >= 15 is 0 Å². The van der Waals surface area contributed by atoms with Crippen LogP contribution in [0, 0.1) is 0 Å². The van der Waals surface area contributed by atoms with Crippen molar-refractivity contribution in [3.8, 4) is 0 Å². The predicted octanol–water partition coefficient (Wildman–Crippen LogP) is -7.03. The van der Waals surface area contributed by atoms with Crippen LogP contribution in [0.2, 0.25) is 0 Å². The molecule has 0 aromatic carbocycles. The molecular weight excluding hydrogens is 174 g/mol. The van der Waals surface area contributed by atoms with Gasteiger partial charge in [-0.3, -0.25) is 0 Å². The maximum atomic E-state index is 8.55. The molecule has 0 saturated heterocycles. The molecule has 0 bridgehead atoms. The average molecular weight is 176 g/mol. The molecule has 2 N–H and O–H groups in total. The third-order valence-electron chi connectivity index (χ3n) is 0. The first-order valence-electron chi connectivity index (χ1n) is 0.730. The third kappa shape index (κ3) is 82.5. The molecule has 0 aliphatic rings. The molecule has 0 aromatic rings. The van der Waals surface area contributed by atoms with E-state index in [0.717, 1.165) is 0 Å². The molecule has 0 unspecified atom stereocenters. The minimum atomic E-state index is -5.39. The van der Waals surface area contributed by atoms with Crippen molar-refractivity contribution in [3.63, 3.8) is 0 Å². The summed E-state index contributed by atoms with van der Waals surface area (Å²) in [6.45, 7) is 0. The molecular formula is H2CaNaO5P. The van der Waals surface area contributed by atoms with Gasteiger partial charge in [-0.2, -0.15) is 7.82 Å². The largest absolute Gasteiger partial charge is 2.00 e. The fraction of sp³-hybridized carbons (Fsp3) is 0. The van der Waals surface area contributed by atoms with E-state index in [-0.39, 0.29) is 72.8 Å². The molecule has 8 heavy (non-hydrogen) atoms. The Morgan fingerprint density at radius 1 is 1.12 bits per heavy atom. The van der Waals surface area contributed by atoms with Crippen LogP contribution in [0.1, 0.15) is 0 Å². The van der Waals surface area contributed by atoms with Gasteiger partial charge in [0.1, 0.15) is 0 Å². The van der Waals surface area contributed by atoms with Gasteiger partial charge in [0.05, 0.1) is 0 Å². The molecule has 0 spiro atoms. The maximum absolute atomic E-state index is 8.55. The zero-order chi connectivity index (χ0) is 4.50. The molecule has 0 heterocycles. The summed E-state index contributed by atoms with van der Waals surface area (Å²) in [6, 6.07) is 0. The normalized spacial score (nSPS) is 7.38. The topological polar surface area (TPSA) is 118 Å². The maximum Gasteiger partial charge on any atom is 2.00 e. The van der Waals surface area contributed by atoms with Gasteiger partial charge in [-0.1, -0.05) is 0 Å². The fourth-order valence-corrected chi connectivity index (χ4v) is 0. The van der Waals surface area contributed by atoms with Crippen LogP contribution < -0.4 is 44.2 Å². The molecule has 0 saturated carbocycles. The summed E-state index contributed by atoms with van der Waals surface area (Å²) in [5.74, 6) is 0. The van der Waals surface area contributed by atoms with Gasteiger partial charge in [0.25, 0.3) is 0 Å². The van der Waals surface area contributed by atoms with Crippen LogP contribution >= 0.6 is 7.82 Å². The smallest absolute Gasteiger partial charge is 0.822 e. The minimum Gasteiger partial charge on any atom is -0.822 e. The summed E-state index contributed by atoms with van der Waals surface area (Å²) in [6.07, 6.45) is 0. The molecule has 0 rings (SSSR count). The van der Waals surface area contributed by atoms with Gasteiger partial charge in [-0.15, -0.1) is 0 Å². The summed E-state index contributed by atoms with van der Waals surface area (Å²) in [7, 11) is -5.39. The number of rotatable bonds is 0. The van der Waals surface area contributed by atoms with Crippen molar-refractivity contribution < 1.29 is 54.3 Å². The van der Waals surface area contributed by atoms with E-state index in [1.165, 1.54) is 0 Å². The summed E-state index contributed by atoms with van der Waals surface area (Å²) < 4.78 is 8.55.